The Kier molecular flexibility index (Phi) is 5.84. The largest absolute Gasteiger partial charge is 0.494 e. The number of ether oxygens (including phenoxy) is 1. The van der Waals surface area contributed by atoms with Crippen molar-refractivity contribution in [2.24, 2.45) is 17.8 Å². The first kappa shape index (κ1) is 18.7. The average Bonchev–Trinajstić information content (AvgIpc) is 3.01. The van der Waals surface area contributed by atoms with Gasteiger partial charge in [0.1, 0.15) is 5.75 Å². The van der Waals surface area contributed by atoms with Gasteiger partial charge >= 0.3 is 0 Å². The molecule has 2 fully saturated rings. The van der Waals surface area contributed by atoms with Gasteiger partial charge in [-0.05, 0) is 49.4 Å². The van der Waals surface area contributed by atoms with E-state index in [0.29, 0.717) is 31.4 Å². The Labute approximate surface area is 156 Å². The molecule has 2 amide bonds. The summed E-state index contributed by atoms with van der Waals surface area (Å²) in [5, 5.41) is 2.94. The van der Waals surface area contributed by atoms with Gasteiger partial charge in [-0.1, -0.05) is 26.7 Å². The number of carbonyl (C=O) groups is 2. The summed E-state index contributed by atoms with van der Waals surface area (Å²) in [5.74, 6) is 1.72. The van der Waals surface area contributed by atoms with Crippen LogP contribution in [-0.4, -0.2) is 35.9 Å². The minimum absolute atomic E-state index is 0.0680. The number of anilines is 1. The summed E-state index contributed by atoms with van der Waals surface area (Å²) in [4.78, 5) is 27.1. The Morgan fingerprint density at radius 3 is 2.65 bits per heavy atom. The molecular weight excluding hydrogens is 328 g/mol. The molecule has 26 heavy (non-hydrogen) atoms. The molecular formula is C21H30N2O3. The first-order valence-corrected chi connectivity index (χ1v) is 9.82. The van der Waals surface area contributed by atoms with E-state index < -0.39 is 0 Å². The Bertz CT molecular complexity index is 643. The molecule has 5 nitrogen and oxygen atoms in total. The molecule has 2 aliphatic rings. The third-order valence-corrected chi connectivity index (χ3v) is 6.03. The van der Waals surface area contributed by atoms with Gasteiger partial charge in [-0.3, -0.25) is 9.59 Å². The van der Waals surface area contributed by atoms with Crippen LogP contribution in [-0.2, 0) is 9.59 Å². The molecule has 1 saturated heterocycles. The summed E-state index contributed by atoms with van der Waals surface area (Å²) >= 11 is 0. The third-order valence-electron chi connectivity index (χ3n) is 6.03. The summed E-state index contributed by atoms with van der Waals surface area (Å²) < 4.78 is 5.42. The molecule has 3 rings (SSSR count). The maximum absolute atomic E-state index is 12.6. The van der Waals surface area contributed by atoms with Crippen LogP contribution in [0.3, 0.4) is 0 Å². The number of amides is 2. The molecule has 0 bridgehead atoms. The van der Waals surface area contributed by atoms with Crippen LogP contribution in [0.2, 0.25) is 0 Å². The Morgan fingerprint density at radius 2 is 1.96 bits per heavy atom. The van der Waals surface area contributed by atoms with Crippen LogP contribution < -0.4 is 10.1 Å². The van der Waals surface area contributed by atoms with E-state index in [4.69, 9.17) is 4.74 Å². The zero-order chi connectivity index (χ0) is 18.7. The number of hydrogen-bond donors (Lipinski definition) is 1. The summed E-state index contributed by atoms with van der Waals surface area (Å²) in [6.45, 7) is 7.61. The molecule has 1 N–H and O–H groups in total. The SMILES string of the molecule is CCOc1ccc(NC(=O)[C@H]2CC(=O)N([C@H]3CCC[C@H](C)[C@@H]3C)C2)cc1. The van der Waals surface area contributed by atoms with Crippen LogP contribution in [0.4, 0.5) is 5.69 Å². The standard InChI is InChI=1S/C21H30N2O3/c1-4-26-18-10-8-17(9-11-18)22-21(25)16-12-20(24)23(13-16)19-7-5-6-14(2)15(19)3/h8-11,14-16,19H,4-7,12-13H2,1-3H3,(H,22,25)/t14-,15-,16-,19-/m0/s1. The van der Waals surface area contributed by atoms with Crippen molar-refractivity contribution < 1.29 is 14.3 Å². The highest BCUT2D eigenvalue weighted by atomic mass is 16.5. The Hall–Kier alpha value is -2.04. The normalized spacial score (nSPS) is 28.9. The van der Waals surface area contributed by atoms with Gasteiger partial charge in [0.05, 0.1) is 12.5 Å². The van der Waals surface area contributed by atoms with Crippen molar-refractivity contribution in [2.45, 2.75) is 52.5 Å². The van der Waals surface area contributed by atoms with Crippen molar-refractivity contribution in [1.29, 1.82) is 0 Å². The fraction of sp³-hybridized carbons (Fsp3) is 0.619. The number of benzene rings is 1. The molecule has 1 aliphatic heterocycles. The summed E-state index contributed by atoms with van der Waals surface area (Å²) in [7, 11) is 0. The lowest BCUT2D eigenvalue weighted by Gasteiger charge is -2.40. The van der Waals surface area contributed by atoms with Gasteiger partial charge in [0.2, 0.25) is 11.8 Å². The van der Waals surface area contributed by atoms with E-state index in [9.17, 15) is 9.59 Å². The van der Waals surface area contributed by atoms with Crippen molar-refractivity contribution in [1.82, 2.24) is 4.90 Å². The van der Waals surface area contributed by atoms with Crippen LogP contribution in [0.1, 0.15) is 46.5 Å². The second-order valence-electron chi connectivity index (χ2n) is 7.73. The third kappa shape index (κ3) is 4.02. The second-order valence-corrected chi connectivity index (χ2v) is 7.73. The molecule has 1 heterocycles. The van der Waals surface area contributed by atoms with Gasteiger partial charge in [-0.15, -0.1) is 0 Å². The fourth-order valence-corrected chi connectivity index (χ4v) is 4.27. The van der Waals surface area contributed by atoms with Crippen molar-refractivity contribution in [3.05, 3.63) is 24.3 Å². The summed E-state index contributed by atoms with van der Waals surface area (Å²) in [5.41, 5.74) is 0.740. The van der Waals surface area contributed by atoms with Crippen molar-refractivity contribution in [3.63, 3.8) is 0 Å². The molecule has 1 aromatic carbocycles. The lowest BCUT2D eigenvalue weighted by atomic mass is 9.77. The van der Waals surface area contributed by atoms with Gasteiger partial charge in [-0.2, -0.15) is 0 Å². The monoisotopic (exact) mass is 358 g/mol. The van der Waals surface area contributed by atoms with E-state index in [1.807, 2.05) is 36.1 Å². The Balaban J connectivity index is 1.60. The molecule has 0 spiro atoms. The van der Waals surface area contributed by atoms with Gasteiger partial charge < -0.3 is 15.0 Å². The smallest absolute Gasteiger partial charge is 0.229 e. The molecule has 0 unspecified atom stereocenters. The van der Waals surface area contributed by atoms with Gasteiger partial charge in [0, 0.05) is 24.7 Å². The zero-order valence-electron chi connectivity index (χ0n) is 16.0. The van der Waals surface area contributed by atoms with Crippen LogP contribution in [0.25, 0.3) is 0 Å². The van der Waals surface area contributed by atoms with Gasteiger partial charge in [0.25, 0.3) is 0 Å². The maximum atomic E-state index is 12.6. The number of nitrogens with one attached hydrogen (secondary N) is 1. The van der Waals surface area contributed by atoms with Crippen molar-refractivity contribution >= 4 is 17.5 Å². The van der Waals surface area contributed by atoms with Crippen LogP contribution >= 0.6 is 0 Å². The quantitative estimate of drug-likeness (QED) is 0.873. The highest BCUT2D eigenvalue weighted by Crippen LogP contribution is 2.36. The zero-order valence-corrected chi connectivity index (χ0v) is 16.0. The molecule has 1 aromatic rings. The van der Waals surface area contributed by atoms with Gasteiger partial charge in [0.15, 0.2) is 0 Å². The summed E-state index contributed by atoms with van der Waals surface area (Å²) in [6.07, 6.45) is 3.79. The predicted octanol–water partition coefficient (Wildman–Crippen LogP) is 3.70. The fourth-order valence-electron chi connectivity index (χ4n) is 4.27. The van der Waals surface area contributed by atoms with E-state index in [0.717, 1.165) is 17.9 Å². The minimum atomic E-state index is -0.265. The van der Waals surface area contributed by atoms with E-state index in [2.05, 4.69) is 19.2 Å². The molecule has 142 valence electrons. The summed E-state index contributed by atoms with van der Waals surface area (Å²) in [6, 6.07) is 7.65. The number of likely N-dealkylation sites (tertiary alicyclic amines) is 1. The lowest BCUT2D eigenvalue weighted by Crippen LogP contribution is -2.45. The molecule has 0 aromatic heterocycles. The van der Waals surface area contributed by atoms with E-state index in [-0.39, 0.29) is 23.8 Å². The maximum Gasteiger partial charge on any atom is 0.229 e. The Morgan fingerprint density at radius 1 is 1.23 bits per heavy atom. The number of hydrogen-bond acceptors (Lipinski definition) is 3. The topological polar surface area (TPSA) is 58.6 Å². The highest BCUT2D eigenvalue weighted by molar-refractivity contribution is 5.97. The van der Waals surface area contributed by atoms with Crippen LogP contribution in [0, 0.1) is 17.8 Å². The van der Waals surface area contributed by atoms with E-state index >= 15 is 0 Å². The lowest BCUT2D eigenvalue weighted by molar-refractivity contribution is -0.131. The molecule has 0 radical (unpaired) electrons. The average molecular weight is 358 g/mol. The first-order chi connectivity index (χ1) is 12.5. The van der Waals surface area contributed by atoms with Gasteiger partial charge in [-0.25, -0.2) is 0 Å². The molecule has 4 atom stereocenters. The molecule has 5 heteroatoms. The van der Waals surface area contributed by atoms with E-state index in [1.54, 1.807) is 0 Å². The van der Waals surface area contributed by atoms with Crippen LogP contribution in [0.15, 0.2) is 24.3 Å². The number of carbonyl (C=O) groups excluding carboxylic acids is 2. The van der Waals surface area contributed by atoms with E-state index in [1.165, 1.54) is 12.8 Å². The predicted molar refractivity (Wildman–Crippen MR) is 102 cm³/mol. The van der Waals surface area contributed by atoms with Crippen molar-refractivity contribution in [3.8, 4) is 5.75 Å². The first-order valence-electron chi connectivity index (χ1n) is 9.82. The molecule has 1 aliphatic carbocycles. The molecule has 1 saturated carbocycles. The minimum Gasteiger partial charge on any atom is -0.494 e. The highest BCUT2D eigenvalue weighted by Gasteiger charge is 2.41. The number of nitrogens with zero attached hydrogens (tertiary/aromatic N) is 1. The van der Waals surface area contributed by atoms with Crippen molar-refractivity contribution in [2.75, 3.05) is 18.5 Å². The number of rotatable bonds is 5. The van der Waals surface area contributed by atoms with Crippen LogP contribution in [0.5, 0.6) is 5.75 Å². The second kappa shape index (κ2) is 8.11.